The van der Waals surface area contributed by atoms with Gasteiger partial charge in [-0.1, -0.05) is 30.3 Å². The minimum absolute atomic E-state index is 0.940. The summed E-state index contributed by atoms with van der Waals surface area (Å²) in [7, 11) is 4.20. The molecule has 0 saturated carbocycles. The molecule has 1 aromatic heterocycles. The van der Waals surface area contributed by atoms with Gasteiger partial charge < -0.3 is 4.90 Å². The SMILES string of the molecule is CN(C)CCn1cc[n+](Cc2ccccc2)c1. The molecule has 0 N–H and O–H groups in total. The Kier molecular flexibility index (Phi) is 3.94. The Hall–Kier alpha value is -1.61. The molecule has 0 atom stereocenters. The molecule has 2 rings (SSSR count). The maximum absolute atomic E-state index is 2.23. The van der Waals surface area contributed by atoms with Crippen LogP contribution in [0.2, 0.25) is 0 Å². The van der Waals surface area contributed by atoms with Gasteiger partial charge in [0.05, 0.1) is 0 Å². The van der Waals surface area contributed by atoms with E-state index in [0.29, 0.717) is 0 Å². The van der Waals surface area contributed by atoms with E-state index >= 15 is 0 Å². The first-order valence-corrected chi connectivity index (χ1v) is 5.97. The van der Waals surface area contributed by atoms with Crippen LogP contribution in [0.5, 0.6) is 0 Å². The third kappa shape index (κ3) is 3.71. The number of rotatable bonds is 5. The van der Waals surface area contributed by atoms with Crippen LogP contribution in [-0.2, 0) is 13.1 Å². The standard InChI is InChI=1S/C14H20N3/c1-15(2)8-9-16-10-11-17(13-16)12-14-6-4-3-5-7-14/h3-7,10-11,13H,8-9,12H2,1-2H3/q+1. The second kappa shape index (κ2) is 5.64. The van der Waals surface area contributed by atoms with Crippen LogP contribution in [0.4, 0.5) is 0 Å². The highest BCUT2D eigenvalue weighted by molar-refractivity contribution is 5.13. The van der Waals surface area contributed by atoms with Crippen LogP contribution in [-0.4, -0.2) is 30.1 Å². The molecule has 0 unspecified atom stereocenters. The highest BCUT2D eigenvalue weighted by Crippen LogP contribution is 1.97. The zero-order valence-electron chi connectivity index (χ0n) is 10.6. The maximum Gasteiger partial charge on any atom is 0.244 e. The number of hydrogen-bond donors (Lipinski definition) is 0. The van der Waals surface area contributed by atoms with Crippen molar-refractivity contribution >= 4 is 0 Å². The fourth-order valence-corrected chi connectivity index (χ4v) is 1.77. The Morgan fingerprint density at radius 1 is 1.18 bits per heavy atom. The number of nitrogens with zero attached hydrogens (tertiary/aromatic N) is 3. The Bertz CT molecular complexity index is 446. The van der Waals surface area contributed by atoms with E-state index in [4.69, 9.17) is 0 Å². The third-order valence-electron chi connectivity index (χ3n) is 2.76. The van der Waals surface area contributed by atoms with Gasteiger partial charge in [-0.15, -0.1) is 0 Å². The number of imidazole rings is 1. The summed E-state index contributed by atoms with van der Waals surface area (Å²) in [4.78, 5) is 2.20. The largest absolute Gasteiger partial charge is 0.305 e. The van der Waals surface area contributed by atoms with Gasteiger partial charge in [0.2, 0.25) is 6.33 Å². The van der Waals surface area contributed by atoms with E-state index in [9.17, 15) is 0 Å². The van der Waals surface area contributed by atoms with Gasteiger partial charge in [0, 0.05) is 6.54 Å². The number of benzene rings is 1. The lowest BCUT2D eigenvalue weighted by Gasteiger charge is -2.05. The van der Waals surface area contributed by atoms with E-state index in [2.05, 4.69) is 77.2 Å². The van der Waals surface area contributed by atoms with E-state index in [0.717, 1.165) is 19.6 Å². The van der Waals surface area contributed by atoms with Crippen LogP contribution in [0.3, 0.4) is 0 Å². The van der Waals surface area contributed by atoms with Gasteiger partial charge in [-0.2, -0.15) is 0 Å². The van der Waals surface area contributed by atoms with E-state index < -0.39 is 0 Å². The molecule has 90 valence electrons. The van der Waals surface area contributed by atoms with E-state index in [1.54, 1.807) is 0 Å². The summed E-state index contributed by atoms with van der Waals surface area (Å²) in [6, 6.07) is 10.5. The van der Waals surface area contributed by atoms with Gasteiger partial charge in [-0.05, 0) is 19.7 Å². The van der Waals surface area contributed by atoms with Crippen molar-refractivity contribution in [2.24, 2.45) is 0 Å². The van der Waals surface area contributed by atoms with Crippen molar-refractivity contribution < 1.29 is 4.57 Å². The Morgan fingerprint density at radius 3 is 2.65 bits per heavy atom. The monoisotopic (exact) mass is 230 g/mol. The molecular weight excluding hydrogens is 210 g/mol. The summed E-state index contributed by atoms with van der Waals surface area (Å²) >= 11 is 0. The van der Waals surface area contributed by atoms with Crippen LogP contribution in [0, 0.1) is 0 Å². The molecule has 0 radical (unpaired) electrons. The van der Waals surface area contributed by atoms with Crippen molar-refractivity contribution in [1.82, 2.24) is 9.47 Å². The van der Waals surface area contributed by atoms with Gasteiger partial charge in [-0.3, -0.25) is 0 Å². The average Bonchev–Trinajstić information content (AvgIpc) is 2.75. The summed E-state index contributed by atoms with van der Waals surface area (Å²) in [6.45, 7) is 3.05. The first kappa shape index (κ1) is 11.9. The van der Waals surface area contributed by atoms with Crippen molar-refractivity contribution in [3.8, 4) is 0 Å². The third-order valence-corrected chi connectivity index (χ3v) is 2.76. The quantitative estimate of drug-likeness (QED) is 0.707. The van der Waals surface area contributed by atoms with Crippen molar-refractivity contribution in [3.05, 3.63) is 54.6 Å². The van der Waals surface area contributed by atoms with Crippen LogP contribution in [0.25, 0.3) is 0 Å². The molecule has 0 bridgehead atoms. The average molecular weight is 230 g/mol. The fourth-order valence-electron chi connectivity index (χ4n) is 1.77. The van der Waals surface area contributed by atoms with Crippen LogP contribution in [0.1, 0.15) is 5.56 Å². The normalized spacial score (nSPS) is 11.0. The summed E-state index contributed by atoms with van der Waals surface area (Å²) in [5.41, 5.74) is 1.34. The molecule has 1 aromatic carbocycles. The minimum Gasteiger partial charge on any atom is -0.305 e. The van der Waals surface area contributed by atoms with Gasteiger partial charge in [-0.25, -0.2) is 9.13 Å². The topological polar surface area (TPSA) is 12.1 Å². The van der Waals surface area contributed by atoms with Crippen LogP contribution < -0.4 is 4.57 Å². The molecule has 0 spiro atoms. The molecule has 0 aliphatic heterocycles. The lowest BCUT2D eigenvalue weighted by molar-refractivity contribution is -0.687. The van der Waals surface area contributed by atoms with Crippen molar-refractivity contribution in [2.75, 3.05) is 20.6 Å². The van der Waals surface area contributed by atoms with Crippen LogP contribution in [0.15, 0.2) is 49.1 Å². The number of aromatic nitrogens is 2. The van der Waals surface area contributed by atoms with E-state index in [1.165, 1.54) is 5.56 Å². The predicted molar refractivity (Wildman–Crippen MR) is 68.7 cm³/mol. The van der Waals surface area contributed by atoms with Crippen molar-refractivity contribution in [2.45, 2.75) is 13.1 Å². The predicted octanol–water partition coefficient (Wildman–Crippen LogP) is 1.39. The smallest absolute Gasteiger partial charge is 0.244 e. The summed E-state index contributed by atoms with van der Waals surface area (Å²) in [6.07, 6.45) is 6.42. The van der Waals surface area contributed by atoms with Gasteiger partial charge in [0.25, 0.3) is 0 Å². The molecule has 17 heavy (non-hydrogen) atoms. The first-order valence-electron chi connectivity index (χ1n) is 5.97. The fraction of sp³-hybridized carbons (Fsp3) is 0.357. The summed E-state index contributed by atoms with van der Waals surface area (Å²) < 4.78 is 4.44. The minimum atomic E-state index is 0.940. The summed E-state index contributed by atoms with van der Waals surface area (Å²) in [5, 5.41) is 0. The molecule has 0 fully saturated rings. The molecule has 1 heterocycles. The maximum atomic E-state index is 2.23. The highest BCUT2D eigenvalue weighted by Gasteiger charge is 2.04. The first-order chi connectivity index (χ1) is 8.24. The molecule has 0 saturated heterocycles. The molecule has 2 aromatic rings. The molecule has 0 aliphatic rings. The molecule has 3 heteroatoms. The van der Waals surface area contributed by atoms with Gasteiger partial charge in [0.1, 0.15) is 25.5 Å². The molecule has 3 nitrogen and oxygen atoms in total. The lowest BCUT2D eigenvalue weighted by atomic mass is 10.2. The number of likely N-dealkylation sites (N-methyl/N-ethyl adjacent to an activating group) is 1. The number of hydrogen-bond acceptors (Lipinski definition) is 1. The Balaban J connectivity index is 1.94. The second-order valence-corrected chi connectivity index (χ2v) is 4.61. The van der Waals surface area contributed by atoms with Gasteiger partial charge >= 0.3 is 0 Å². The van der Waals surface area contributed by atoms with Crippen molar-refractivity contribution in [3.63, 3.8) is 0 Å². The van der Waals surface area contributed by atoms with Crippen molar-refractivity contribution in [1.29, 1.82) is 0 Å². The summed E-state index contributed by atoms with van der Waals surface area (Å²) in [5.74, 6) is 0. The molecule has 0 aliphatic carbocycles. The Morgan fingerprint density at radius 2 is 1.94 bits per heavy atom. The Labute approximate surface area is 103 Å². The van der Waals surface area contributed by atoms with Crippen LogP contribution >= 0.6 is 0 Å². The van der Waals surface area contributed by atoms with E-state index in [1.807, 2.05) is 0 Å². The highest BCUT2D eigenvalue weighted by atomic mass is 15.1. The zero-order chi connectivity index (χ0) is 12.1. The van der Waals surface area contributed by atoms with Gasteiger partial charge in [0.15, 0.2) is 0 Å². The zero-order valence-corrected chi connectivity index (χ0v) is 10.6. The molecule has 0 amide bonds. The van der Waals surface area contributed by atoms with E-state index in [-0.39, 0.29) is 0 Å². The lowest BCUT2D eigenvalue weighted by Crippen LogP contribution is -2.31. The second-order valence-electron chi connectivity index (χ2n) is 4.61. The molecular formula is C14H20N3+.